The lowest BCUT2D eigenvalue weighted by Gasteiger charge is -1.77. The summed E-state index contributed by atoms with van der Waals surface area (Å²) in [4.78, 5) is 0. The smallest absolute Gasteiger partial charge is 0.127 e. The molecule has 0 fully saturated rings. The second-order valence-corrected chi connectivity index (χ2v) is 2.43. The third-order valence-corrected chi connectivity index (χ3v) is 1.37. The molecule has 0 atom stereocenters. The molecule has 0 aliphatic heterocycles. The van der Waals surface area contributed by atoms with E-state index in [4.69, 9.17) is 4.42 Å². The minimum absolute atomic E-state index is 0.775. The summed E-state index contributed by atoms with van der Waals surface area (Å²) in [5.74, 6) is 11.5. The Bertz CT molecular complexity index is 442. The normalized spacial score (nSPS) is 9.40. The highest BCUT2D eigenvalue weighted by atomic mass is 16.5. The predicted molar refractivity (Wildman–Crippen MR) is 59.4 cm³/mol. The van der Waals surface area contributed by atoms with Crippen LogP contribution in [0.25, 0.3) is 6.08 Å². The Balaban J connectivity index is 2.39. The number of hydrogen-bond acceptors (Lipinski definition) is 2. The summed E-state index contributed by atoms with van der Waals surface area (Å²) in [5.41, 5.74) is 0. The van der Waals surface area contributed by atoms with Crippen molar-refractivity contribution in [1.29, 1.82) is 0 Å². The molecular weight excluding hydrogens is 188 g/mol. The van der Waals surface area contributed by atoms with Crippen LogP contribution in [0.15, 0.2) is 41.2 Å². The zero-order chi connectivity index (χ0) is 10.8. The van der Waals surface area contributed by atoms with Crippen LogP contribution in [0.3, 0.4) is 0 Å². The summed E-state index contributed by atoms with van der Waals surface area (Å²) in [6.07, 6.45) is 8.16. The van der Waals surface area contributed by atoms with Gasteiger partial charge in [0.2, 0.25) is 0 Å². The SMILES string of the molecule is COC=CC#CC#CC=Cc1ccco1. The Kier molecular flexibility index (Phi) is 5.11. The van der Waals surface area contributed by atoms with Gasteiger partial charge in [0.15, 0.2) is 0 Å². The Labute approximate surface area is 89.2 Å². The van der Waals surface area contributed by atoms with E-state index in [1.54, 1.807) is 31.6 Å². The molecule has 15 heavy (non-hydrogen) atoms. The lowest BCUT2D eigenvalue weighted by atomic mass is 10.4. The molecule has 0 aliphatic rings. The molecule has 1 aromatic heterocycles. The van der Waals surface area contributed by atoms with Crippen LogP contribution in [0.5, 0.6) is 0 Å². The van der Waals surface area contributed by atoms with E-state index in [0.717, 1.165) is 5.76 Å². The average Bonchev–Trinajstić information content (AvgIpc) is 2.75. The first-order chi connectivity index (χ1) is 7.43. The summed E-state index contributed by atoms with van der Waals surface area (Å²) in [7, 11) is 1.57. The number of methoxy groups -OCH3 is 1. The standard InChI is InChI=1S/C13H10O2/c1-14-11-7-5-3-2-4-6-9-13-10-8-12-15-13/h6-12H,1H3. The highest BCUT2D eigenvalue weighted by molar-refractivity contribution is 5.48. The first-order valence-electron chi connectivity index (χ1n) is 4.32. The van der Waals surface area contributed by atoms with E-state index in [0.29, 0.717) is 0 Å². The monoisotopic (exact) mass is 198 g/mol. The minimum Gasteiger partial charge on any atom is -0.504 e. The summed E-state index contributed by atoms with van der Waals surface area (Å²) in [5, 5.41) is 0. The second kappa shape index (κ2) is 7.12. The van der Waals surface area contributed by atoms with Crippen molar-refractivity contribution in [3.05, 3.63) is 42.6 Å². The van der Waals surface area contributed by atoms with Crippen molar-refractivity contribution in [2.75, 3.05) is 7.11 Å². The van der Waals surface area contributed by atoms with E-state index >= 15 is 0 Å². The van der Waals surface area contributed by atoms with Gasteiger partial charge in [-0.25, -0.2) is 0 Å². The summed E-state index contributed by atoms with van der Waals surface area (Å²) >= 11 is 0. The minimum atomic E-state index is 0.775. The van der Waals surface area contributed by atoms with Crippen molar-refractivity contribution in [2.45, 2.75) is 0 Å². The van der Waals surface area contributed by atoms with Crippen LogP contribution in [-0.4, -0.2) is 7.11 Å². The van der Waals surface area contributed by atoms with Crippen LogP contribution in [0.1, 0.15) is 5.76 Å². The lowest BCUT2D eigenvalue weighted by molar-refractivity contribution is 0.338. The molecule has 0 aliphatic carbocycles. The van der Waals surface area contributed by atoms with E-state index in [-0.39, 0.29) is 0 Å². The zero-order valence-corrected chi connectivity index (χ0v) is 8.36. The number of furan rings is 1. The molecule has 0 saturated heterocycles. The molecule has 0 spiro atoms. The fourth-order valence-corrected chi connectivity index (χ4v) is 0.767. The lowest BCUT2D eigenvalue weighted by Crippen LogP contribution is -1.61. The number of ether oxygens (including phenoxy) is 1. The molecule has 1 heterocycles. The molecule has 0 aromatic carbocycles. The van der Waals surface area contributed by atoms with Crippen molar-refractivity contribution in [2.24, 2.45) is 0 Å². The number of hydrogen-bond donors (Lipinski definition) is 0. The fraction of sp³-hybridized carbons (Fsp3) is 0.0769. The van der Waals surface area contributed by atoms with E-state index in [9.17, 15) is 0 Å². The highest BCUT2D eigenvalue weighted by Gasteiger charge is 1.83. The summed E-state index contributed by atoms with van der Waals surface area (Å²) < 4.78 is 9.74. The van der Waals surface area contributed by atoms with E-state index in [1.165, 1.54) is 6.26 Å². The van der Waals surface area contributed by atoms with Gasteiger partial charge in [0.1, 0.15) is 5.76 Å². The average molecular weight is 198 g/mol. The van der Waals surface area contributed by atoms with Gasteiger partial charge in [0.25, 0.3) is 0 Å². The third-order valence-electron chi connectivity index (χ3n) is 1.37. The maximum absolute atomic E-state index is 5.07. The van der Waals surface area contributed by atoms with Crippen molar-refractivity contribution in [3.8, 4) is 23.7 Å². The fourth-order valence-electron chi connectivity index (χ4n) is 0.767. The van der Waals surface area contributed by atoms with Gasteiger partial charge in [-0.1, -0.05) is 11.8 Å². The Morgan fingerprint density at radius 2 is 2.07 bits per heavy atom. The molecule has 1 aromatic rings. The first-order valence-corrected chi connectivity index (χ1v) is 4.32. The van der Waals surface area contributed by atoms with Gasteiger partial charge in [-0.15, -0.1) is 0 Å². The van der Waals surface area contributed by atoms with E-state index < -0.39 is 0 Å². The molecule has 0 N–H and O–H groups in total. The summed E-state index contributed by atoms with van der Waals surface area (Å²) in [6.45, 7) is 0. The Morgan fingerprint density at radius 1 is 1.27 bits per heavy atom. The highest BCUT2D eigenvalue weighted by Crippen LogP contribution is 2.00. The van der Waals surface area contributed by atoms with Gasteiger partial charge in [-0.05, 0) is 36.1 Å². The molecule has 0 bridgehead atoms. The molecule has 1 rings (SSSR count). The number of rotatable bonds is 2. The maximum atomic E-state index is 5.07. The molecule has 74 valence electrons. The topological polar surface area (TPSA) is 22.4 Å². The largest absolute Gasteiger partial charge is 0.504 e. The Hall–Kier alpha value is -2.32. The van der Waals surface area contributed by atoms with Crippen molar-refractivity contribution < 1.29 is 9.15 Å². The van der Waals surface area contributed by atoms with E-state index in [1.807, 2.05) is 12.1 Å². The molecule has 0 unspecified atom stereocenters. The second-order valence-electron chi connectivity index (χ2n) is 2.43. The van der Waals surface area contributed by atoms with Gasteiger partial charge >= 0.3 is 0 Å². The van der Waals surface area contributed by atoms with Crippen molar-refractivity contribution in [3.63, 3.8) is 0 Å². The molecule has 2 heteroatoms. The number of allylic oxidation sites excluding steroid dienone is 2. The van der Waals surface area contributed by atoms with Crippen LogP contribution in [-0.2, 0) is 4.74 Å². The maximum Gasteiger partial charge on any atom is 0.127 e. The van der Waals surface area contributed by atoms with Crippen molar-refractivity contribution in [1.82, 2.24) is 0 Å². The first kappa shape index (κ1) is 10.8. The Morgan fingerprint density at radius 3 is 2.73 bits per heavy atom. The predicted octanol–water partition coefficient (Wildman–Crippen LogP) is 2.46. The molecule has 0 radical (unpaired) electrons. The molecule has 0 saturated carbocycles. The molecular formula is C13H10O2. The van der Waals surface area contributed by atoms with Crippen LogP contribution in [0.4, 0.5) is 0 Å². The van der Waals surface area contributed by atoms with Crippen molar-refractivity contribution >= 4 is 6.08 Å². The van der Waals surface area contributed by atoms with Gasteiger partial charge < -0.3 is 9.15 Å². The van der Waals surface area contributed by atoms with E-state index in [2.05, 4.69) is 28.4 Å². The van der Waals surface area contributed by atoms with Gasteiger partial charge in [0.05, 0.1) is 19.6 Å². The third kappa shape index (κ3) is 5.08. The van der Waals surface area contributed by atoms with Crippen LogP contribution in [0, 0.1) is 23.7 Å². The molecule has 0 amide bonds. The van der Waals surface area contributed by atoms with Gasteiger partial charge in [0, 0.05) is 6.08 Å². The quantitative estimate of drug-likeness (QED) is 0.538. The zero-order valence-electron chi connectivity index (χ0n) is 8.36. The van der Waals surface area contributed by atoms with Gasteiger partial charge in [-0.3, -0.25) is 0 Å². The van der Waals surface area contributed by atoms with Gasteiger partial charge in [-0.2, -0.15) is 0 Å². The van der Waals surface area contributed by atoms with Crippen LogP contribution in [0.2, 0.25) is 0 Å². The molecule has 2 nitrogen and oxygen atoms in total. The van der Waals surface area contributed by atoms with Crippen LogP contribution >= 0.6 is 0 Å². The van der Waals surface area contributed by atoms with Crippen LogP contribution < -0.4 is 0 Å². The summed E-state index contributed by atoms with van der Waals surface area (Å²) in [6, 6.07) is 3.67.